The molecule has 4 heteroatoms. The fourth-order valence-electron chi connectivity index (χ4n) is 2.89. The van der Waals surface area contributed by atoms with Crippen molar-refractivity contribution < 1.29 is 14.7 Å². The second-order valence-corrected chi connectivity index (χ2v) is 6.47. The molecule has 0 spiro atoms. The van der Waals surface area contributed by atoms with E-state index in [0.717, 1.165) is 0 Å². The Kier molecular flexibility index (Phi) is 5.53. The molecule has 0 aromatic carbocycles. The van der Waals surface area contributed by atoms with Crippen LogP contribution in [0.3, 0.4) is 0 Å². The summed E-state index contributed by atoms with van der Waals surface area (Å²) in [6, 6.07) is -0.208. The molecule has 1 heterocycles. The number of aliphatic hydroxyl groups excluding tert-OH is 1. The lowest BCUT2D eigenvalue weighted by molar-refractivity contribution is -0.123. The smallest absolute Gasteiger partial charge is 0.223 e. The maximum atomic E-state index is 11.8. The van der Waals surface area contributed by atoms with Crippen LogP contribution in [0.4, 0.5) is 0 Å². The van der Waals surface area contributed by atoms with Gasteiger partial charge in [-0.3, -0.25) is 9.59 Å². The maximum absolute atomic E-state index is 11.8. The third-order valence-electron chi connectivity index (χ3n) is 4.26. The maximum Gasteiger partial charge on any atom is 0.223 e. The number of ketones is 1. The molecule has 0 aliphatic carbocycles. The molecule has 1 amide bonds. The molecule has 19 heavy (non-hydrogen) atoms. The quantitative estimate of drug-likeness (QED) is 0.772. The normalized spacial score (nSPS) is 26.6. The van der Waals surface area contributed by atoms with Crippen molar-refractivity contribution in [1.29, 1.82) is 0 Å². The van der Waals surface area contributed by atoms with E-state index < -0.39 is 6.10 Å². The van der Waals surface area contributed by atoms with E-state index in [1.165, 1.54) is 0 Å². The van der Waals surface area contributed by atoms with Crippen LogP contribution in [0.5, 0.6) is 0 Å². The summed E-state index contributed by atoms with van der Waals surface area (Å²) in [5.41, 5.74) is 0. The predicted molar refractivity (Wildman–Crippen MR) is 74.5 cm³/mol. The van der Waals surface area contributed by atoms with E-state index >= 15 is 0 Å². The minimum Gasteiger partial charge on any atom is -0.391 e. The highest BCUT2D eigenvalue weighted by molar-refractivity contribution is 5.81. The van der Waals surface area contributed by atoms with E-state index in [-0.39, 0.29) is 41.4 Å². The van der Waals surface area contributed by atoms with Crippen molar-refractivity contribution in [3.05, 3.63) is 0 Å². The van der Waals surface area contributed by atoms with Crippen LogP contribution >= 0.6 is 0 Å². The summed E-state index contributed by atoms with van der Waals surface area (Å²) in [6.07, 6.45) is 0.465. The SMILES string of the molecule is CC(=O)[C@@H](C[C@H](O)[C@@H]1C[C@@H](C(C)C)C(=O)N1)C(C)C. The molecule has 2 N–H and O–H groups in total. The molecule has 1 fully saturated rings. The fourth-order valence-corrected chi connectivity index (χ4v) is 2.89. The largest absolute Gasteiger partial charge is 0.391 e. The fraction of sp³-hybridized carbons (Fsp3) is 0.867. The molecular formula is C15H27NO3. The van der Waals surface area contributed by atoms with Gasteiger partial charge in [-0.1, -0.05) is 27.7 Å². The zero-order valence-electron chi connectivity index (χ0n) is 12.6. The van der Waals surface area contributed by atoms with Gasteiger partial charge in [-0.05, 0) is 31.6 Å². The van der Waals surface area contributed by atoms with Crippen molar-refractivity contribution in [1.82, 2.24) is 5.32 Å². The monoisotopic (exact) mass is 269 g/mol. The Hall–Kier alpha value is -0.900. The van der Waals surface area contributed by atoms with Crippen LogP contribution < -0.4 is 5.32 Å². The lowest BCUT2D eigenvalue weighted by Crippen LogP contribution is -2.39. The van der Waals surface area contributed by atoms with Crippen LogP contribution in [0.1, 0.15) is 47.5 Å². The average molecular weight is 269 g/mol. The minimum absolute atomic E-state index is 0.0190. The Bertz CT molecular complexity index is 338. The Morgan fingerprint density at radius 1 is 1.37 bits per heavy atom. The number of hydrogen-bond donors (Lipinski definition) is 2. The second kappa shape index (κ2) is 6.51. The van der Waals surface area contributed by atoms with Crippen LogP contribution in [-0.2, 0) is 9.59 Å². The topological polar surface area (TPSA) is 66.4 Å². The molecule has 0 bridgehead atoms. The van der Waals surface area contributed by atoms with E-state index in [1.807, 2.05) is 27.7 Å². The summed E-state index contributed by atoms with van der Waals surface area (Å²) in [4.78, 5) is 23.4. The third-order valence-corrected chi connectivity index (χ3v) is 4.26. The zero-order chi connectivity index (χ0) is 14.7. The standard InChI is InChI=1S/C15H27NO3/c1-8(2)11(10(5)17)7-14(18)13-6-12(9(3)4)15(19)16-13/h8-9,11-14,18H,6-7H2,1-5H3,(H,16,19)/t11-,12-,13-,14-/m0/s1. The van der Waals surface area contributed by atoms with Gasteiger partial charge in [0.2, 0.25) is 5.91 Å². The van der Waals surface area contributed by atoms with Gasteiger partial charge in [-0.2, -0.15) is 0 Å². The van der Waals surface area contributed by atoms with Crippen molar-refractivity contribution in [3.63, 3.8) is 0 Å². The van der Waals surface area contributed by atoms with Gasteiger partial charge in [-0.15, -0.1) is 0 Å². The summed E-state index contributed by atoms with van der Waals surface area (Å²) in [7, 11) is 0. The zero-order valence-corrected chi connectivity index (χ0v) is 12.6. The molecule has 4 atom stereocenters. The van der Waals surface area contributed by atoms with Crippen LogP contribution in [0.15, 0.2) is 0 Å². The first-order valence-electron chi connectivity index (χ1n) is 7.22. The molecular weight excluding hydrogens is 242 g/mol. The number of nitrogens with one attached hydrogen (secondary N) is 1. The van der Waals surface area contributed by atoms with Crippen molar-refractivity contribution in [2.24, 2.45) is 23.7 Å². The van der Waals surface area contributed by atoms with E-state index in [1.54, 1.807) is 6.92 Å². The lowest BCUT2D eigenvalue weighted by Gasteiger charge is -2.25. The number of carbonyl (C=O) groups excluding carboxylic acids is 2. The van der Waals surface area contributed by atoms with E-state index in [2.05, 4.69) is 5.32 Å². The average Bonchev–Trinajstić information content (AvgIpc) is 2.67. The molecule has 4 nitrogen and oxygen atoms in total. The van der Waals surface area contributed by atoms with Gasteiger partial charge < -0.3 is 10.4 Å². The lowest BCUT2D eigenvalue weighted by atomic mass is 9.84. The molecule has 1 aliphatic rings. The Labute approximate surface area is 116 Å². The number of aliphatic hydroxyl groups is 1. The number of Topliss-reactive ketones (excluding diaryl/α,β-unsaturated/α-hetero) is 1. The molecule has 1 saturated heterocycles. The molecule has 1 aliphatic heterocycles. The Morgan fingerprint density at radius 2 is 1.95 bits per heavy atom. The van der Waals surface area contributed by atoms with Gasteiger partial charge in [0.1, 0.15) is 5.78 Å². The number of carbonyl (C=O) groups is 2. The van der Waals surface area contributed by atoms with Crippen molar-refractivity contribution >= 4 is 11.7 Å². The Morgan fingerprint density at radius 3 is 2.32 bits per heavy atom. The van der Waals surface area contributed by atoms with Gasteiger partial charge in [-0.25, -0.2) is 0 Å². The first-order valence-corrected chi connectivity index (χ1v) is 7.22. The van der Waals surface area contributed by atoms with Crippen LogP contribution in [0, 0.1) is 23.7 Å². The molecule has 0 radical (unpaired) electrons. The van der Waals surface area contributed by atoms with E-state index in [0.29, 0.717) is 12.8 Å². The first kappa shape index (κ1) is 16.2. The first-order chi connectivity index (χ1) is 8.73. The van der Waals surface area contributed by atoms with Gasteiger partial charge in [0, 0.05) is 11.8 Å². The highest BCUT2D eigenvalue weighted by atomic mass is 16.3. The van der Waals surface area contributed by atoms with Crippen LogP contribution in [-0.4, -0.2) is 28.9 Å². The molecule has 110 valence electrons. The summed E-state index contributed by atoms with van der Waals surface area (Å²) >= 11 is 0. The van der Waals surface area contributed by atoms with E-state index in [4.69, 9.17) is 0 Å². The highest BCUT2D eigenvalue weighted by Crippen LogP contribution is 2.28. The molecule has 0 aromatic rings. The number of hydrogen-bond acceptors (Lipinski definition) is 3. The summed E-state index contributed by atoms with van der Waals surface area (Å²) in [6.45, 7) is 9.59. The number of rotatable bonds is 6. The van der Waals surface area contributed by atoms with Gasteiger partial charge in [0.15, 0.2) is 0 Å². The summed E-state index contributed by atoms with van der Waals surface area (Å²) in [5.74, 6) is 0.484. The van der Waals surface area contributed by atoms with E-state index in [9.17, 15) is 14.7 Å². The van der Waals surface area contributed by atoms with Crippen LogP contribution in [0.25, 0.3) is 0 Å². The third kappa shape index (κ3) is 4.03. The van der Waals surface area contributed by atoms with Crippen molar-refractivity contribution in [2.75, 3.05) is 0 Å². The van der Waals surface area contributed by atoms with Gasteiger partial charge in [0.25, 0.3) is 0 Å². The molecule has 0 saturated carbocycles. The minimum atomic E-state index is -0.635. The van der Waals surface area contributed by atoms with Gasteiger partial charge >= 0.3 is 0 Å². The summed E-state index contributed by atoms with van der Waals surface area (Å²) < 4.78 is 0. The molecule has 0 aromatic heterocycles. The van der Waals surface area contributed by atoms with Crippen LogP contribution in [0.2, 0.25) is 0 Å². The summed E-state index contributed by atoms with van der Waals surface area (Å²) in [5, 5.41) is 13.1. The molecule has 1 rings (SSSR count). The predicted octanol–water partition coefficient (Wildman–Crippen LogP) is 1.76. The second-order valence-electron chi connectivity index (χ2n) is 6.47. The number of amides is 1. The Balaban J connectivity index is 2.62. The molecule has 0 unspecified atom stereocenters. The highest BCUT2D eigenvalue weighted by Gasteiger charge is 2.38. The van der Waals surface area contributed by atoms with Gasteiger partial charge in [0.05, 0.1) is 12.1 Å². The van der Waals surface area contributed by atoms with Crippen molar-refractivity contribution in [2.45, 2.75) is 59.6 Å². The van der Waals surface area contributed by atoms with Crippen molar-refractivity contribution in [3.8, 4) is 0 Å².